The summed E-state index contributed by atoms with van der Waals surface area (Å²) in [7, 11) is 1.32. The van der Waals surface area contributed by atoms with E-state index in [1.807, 2.05) is 11.8 Å². The Hall–Kier alpha value is -2.69. The molecule has 35 heavy (non-hydrogen) atoms. The lowest BCUT2D eigenvalue weighted by Crippen LogP contribution is -2.46. The van der Waals surface area contributed by atoms with Gasteiger partial charge in [0.15, 0.2) is 0 Å². The summed E-state index contributed by atoms with van der Waals surface area (Å²) in [5.41, 5.74) is -0.634. The predicted octanol–water partition coefficient (Wildman–Crippen LogP) is 2.71. The van der Waals surface area contributed by atoms with Crippen LogP contribution in [0.1, 0.15) is 69.9 Å². The fraction of sp³-hybridized carbons (Fsp3) is 0.625. The van der Waals surface area contributed by atoms with Crippen molar-refractivity contribution in [1.29, 1.82) is 0 Å². The lowest BCUT2D eigenvalue weighted by atomic mass is 9.90. The van der Waals surface area contributed by atoms with Gasteiger partial charge in [-0.25, -0.2) is 14.2 Å². The van der Waals surface area contributed by atoms with Crippen LogP contribution in [0.2, 0.25) is 0 Å². The quantitative estimate of drug-likeness (QED) is 0.575. The zero-order valence-electron chi connectivity index (χ0n) is 19.8. The van der Waals surface area contributed by atoms with Gasteiger partial charge >= 0.3 is 11.7 Å². The van der Waals surface area contributed by atoms with Gasteiger partial charge < -0.3 is 10.1 Å². The van der Waals surface area contributed by atoms with Gasteiger partial charge in [-0.2, -0.15) is 11.8 Å². The van der Waals surface area contributed by atoms with Crippen molar-refractivity contribution in [3.05, 3.63) is 38.9 Å². The van der Waals surface area contributed by atoms with E-state index in [4.69, 9.17) is 0 Å². The maximum Gasteiger partial charge on any atom is 0.333 e. The van der Waals surface area contributed by atoms with Crippen LogP contribution in [-0.2, 0) is 14.3 Å². The van der Waals surface area contributed by atoms with Crippen LogP contribution in [0, 0.1) is 5.82 Å². The first-order valence-corrected chi connectivity index (χ1v) is 13.3. The number of carbonyl (C=O) groups excluding carboxylic acids is 2. The molecule has 3 heterocycles. The largest absolute Gasteiger partial charge is 0.469 e. The number of amides is 1. The molecule has 1 aliphatic carbocycles. The van der Waals surface area contributed by atoms with Crippen molar-refractivity contribution < 1.29 is 18.7 Å². The summed E-state index contributed by atoms with van der Waals surface area (Å²) in [5.74, 6) is 0.766. The SMILES string of the molecule is COC(=O)CCCC(=O)NC1CCC(n2c(=O)c3cc(F)cnc3n(C3CCSCC3)c2=O)CC1. The topological polar surface area (TPSA) is 112 Å². The fourth-order valence-corrected chi connectivity index (χ4v) is 6.15. The second kappa shape index (κ2) is 11.4. The number of hydrogen-bond donors (Lipinski definition) is 1. The molecule has 0 bridgehead atoms. The molecule has 0 aromatic carbocycles. The molecule has 9 nitrogen and oxygen atoms in total. The average Bonchev–Trinajstić information content (AvgIpc) is 2.86. The standard InChI is InChI=1S/C24H31FN4O5S/c1-34-21(31)4-2-3-20(30)27-16-5-7-17(8-6-16)29-23(32)19-13-15(25)14-26-22(19)28(24(29)33)18-9-11-35-12-10-18/h13-14,16-18H,2-12H2,1H3,(H,27,30). The first kappa shape index (κ1) is 25.4. The minimum Gasteiger partial charge on any atom is -0.469 e. The average molecular weight is 507 g/mol. The van der Waals surface area contributed by atoms with E-state index < -0.39 is 11.4 Å². The molecule has 1 saturated heterocycles. The van der Waals surface area contributed by atoms with Crippen molar-refractivity contribution in [1.82, 2.24) is 19.4 Å². The molecule has 0 atom stereocenters. The van der Waals surface area contributed by atoms with Gasteiger partial charge in [-0.3, -0.25) is 23.5 Å². The first-order valence-electron chi connectivity index (χ1n) is 12.1. The highest BCUT2D eigenvalue weighted by Gasteiger charge is 2.29. The number of aromatic nitrogens is 3. The summed E-state index contributed by atoms with van der Waals surface area (Å²) >= 11 is 1.83. The maximum absolute atomic E-state index is 14.0. The van der Waals surface area contributed by atoms with Crippen LogP contribution in [0.5, 0.6) is 0 Å². The molecular weight excluding hydrogens is 475 g/mol. The molecule has 0 radical (unpaired) electrons. The Morgan fingerprint density at radius 3 is 2.46 bits per heavy atom. The molecule has 1 aliphatic heterocycles. The summed E-state index contributed by atoms with van der Waals surface area (Å²) in [6, 6.07) is 0.732. The molecule has 11 heteroatoms. The number of carbonyl (C=O) groups is 2. The van der Waals surface area contributed by atoms with E-state index in [1.165, 1.54) is 17.7 Å². The zero-order valence-corrected chi connectivity index (χ0v) is 20.7. The summed E-state index contributed by atoms with van der Waals surface area (Å²) in [6.07, 6.45) is 5.86. The Morgan fingerprint density at radius 2 is 1.77 bits per heavy atom. The van der Waals surface area contributed by atoms with Gasteiger partial charge in [-0.15, -0.1) is 0 Å². The highest BCUT2D eigenvalue weighted by molar-refractivity contribution is 7.99. The van der Waals surface area contributed by atoms with Gasteiger partial charge in [0.2, 0.25) is 5.91 Å². The van der Waals surface area contributed by atoms with E-state index in [1.54, 1.807) is 4.57 Å². The Balaban J connectivity index is 1.51. The normalized spacial score (nSPS) is 21.1. The summed E-state index contributed by atoms with van der Waals surface area (Å²) < 4.78 is 21.5. The minimum atomic E-state index is -0.607. The van der Waals surface area contributed by atoms with Crippen molar-refractivity contribution in [3.8, 4) is 0 Å². The van der Waals surface area contributed by atoms with Gasteiger partial charge in [0.25, 0.3) is 5.56 Å². The smallest absolute Gasteiger partial charge is 0.333 e. The number of hydrogen-bond acceptors (Lipinski definition) is 7. The van der Waals surface area contributed by atoms with Crippen molar-refractivity contribution in [2.24, 2.45) is 0 Å². The van der Waals surface area contributed by atoms with Crippen molar-refractivity contribution in [2.45, 2.75) is 75.9 Å². The van der Waals surface area contributed by atoms with E-state index in [-0.39, 0.29) is 59.6 Å². The zero-order chi connectivity index (χ0) is 24.9. The molecule has 0 unspecified atom stereocenters. The van der Waals surface area contributed by atoms with Gasteiger partial charge in [-0.05, 0) is 62.5 Å². The molecule has 1 amide bonds. The molecule has 1 saturated carbocycles. The third kappa shape index (κ3) is 5.76. The number of nitrogens with one attached hydrogen (secondary N) is 1. The molecule has 0 spiro atoms. The van der Waals surface area contributed by atoms with Crippen LogP contribution in [0.25, 0.3) is 11.0 Å². The van der Waals surface area contributed by atoms with Gasteiger partial charge in [0.05, 0.1) is 18.7 Å². The molecule has 1 N–H and O–H groups in total. The first-order chi connectivity index (χ1) is 16.9. The molecule has 2 aromatic heterocycles. The van der Waals surface area contributed by atoms with Gasteiger partial charge in [-0.1, -0.05) is 0 Å². The maximum atomic E-state index is 14.0. The molecule has 2 aromatic rings. The number of thioether (sulfide) groups is 1. The van der Waals surface area contributed by atoms with E-state index in [2.05, 4.69) is 15.0 Å². The van der Waals surface area contributed by atoms with Crippen LogP contribution in [0.15, 0.2) is 21.9 Å². The third-order valence-corrected chi connectivity index (χ3v) is 7.97. The van der Waals surface area contributed by atoms with Crippen LogP contribution in [0.4, 0.5) is 4.39 Å². The molecule has 2 fully saturated rings. The lowest BCUT2D eigenvalue weighted by molar-refractivity contribution is -0.140. The number of fused-ring (bicyclic) bond motifs is 1. The summed E-state index contributed by atoms with van der Waals surface area (Å²) in [4.78, 5) is 54.5. The molecule has 4 rings (SSSR count). The van der Waals surface area contributed by atoms with Crippen molar-refractivity contribution in [2.75, 3.05) is 18.6 Å². The predicted molar refractivity (Wildman–Crippen MR) is 131 cm³/mol. The second-order valence-electron chi connectivity index (χ2n) is 9.20. The molecular formula is C24H31FN4O5S. The van der Waals surface area contributed by atoms with Crippen LogP contribution in [-0.4, -0.2) is 50.7 Å². The number of pyridine rings is 1. The van der Waals surface area contributed by atoms with E-state index in [0.29, 0.717) is 32.1 Å². The number of esters is 1. The van der Waals surface area contributed by atoms with Gasteiger partial charge in [0.1, 0.15) is 11.5 Å². The van der Waals surface area contributed by atoms with Crippen molar-refractivity contribution >= 4 is 34.7 Å². The van der Waals surface area contributed by atoms with E-state index in [9.17, 15) is 23.6 Å². The number of rotatable bonds is 7. The van der Waals surface area contributed by atoms with Crippen LogP contribution in [0.3, 0.4) is 0 Å². The molecule has 2 aliphatic rings. The monoisotopic (exact) mass is 506 g/mol. The Bertz CT molecular complexity index is 1200. The Morgan fingerprint density at radius 1 is 1.09 bits per heavy atom. The third-order valence-electron chi connectivity index (χ3n) is 6.92. The number of nitrogens with zero attached hydrogens (tertiary/aromatic N) is 3. The van der Waals surface area contributed by atoms with Crippen LogP contribution >= 0.6 is 11.8 Å². The number of methoxy groups -OCH3 is 1. The molecule has 190 valence electrons. The van der Waals surface area contributed by atoms with E-state index >= 15 is 0 Å². The summed E-state index contributed by atoms with van der Waals surface area (Å²) in [5, 5.41) is 3.12. The lowest BCUT2D eigenvalue weighted by Gasteiger charge is -2.31. The highest BCUT2D eigenvalue weighted by Crippen LogP contribution is 2.30. The Kier molecular flexibility index (Phi) is 8.25. The highest BCUT2D eigenvalue weighted by atomic mass is 32.2. The van der Waals surface area contributed by atoms with E-state index in [0.717, 1.165) is 30.5 Å². The Labute approximate surface area is 206 Å². The number of halogens is 1. The summed E-state index contributed by atoms with van der Waals surface area (Å²) in [6.45, 7) is 0. The van der Waals surface area contributed by atoms with Gasteiger partial charge in [0, 0.05) is 31.0 Å². The van der Waals surface area contributed by atoms with Crippen LogP contribution < -0.4 is 16.6 Å². The minimum absolute atomic E-state index is 0.0512. The van der Waals surface area contributed by atoms with Crippen molar-refractivity contribution in [3.63, 3.8) is 0 Å². The fourth-order valence-electron chi connectivity index (χ4n) is 5.07. The number of ether oxygens (including phenoxy) is 1. The second-order valence-corrected chi connectivity index (χ2v) is 10.4.